The zero-order chi connectivity index (χ0) is 22.3. The largest absolute Gasteiger partial charge is 0.493 e. The van der Waals surface area contributed by atoms with Gasteiger partial charge in [-0.15, -0.1) is 0 Å². The van der Waals surface area contributed by atoms with Crippen LogP contribution in [-0.4, -0.2) is 61.0 Å². The fraction of sp³-hybridized carbons (Fsp3) is 0.440. The predicted octanol–water partition coefficient (Wildman–Crippen LogP) is 3.06. The minimum Gasteiger partial charge on any atom is -0.493 e. The number of aryl methyl sites for hydroxylation is 3. The van der Waals surface area contributed by atoms with Crippen LogP contribution in [0, 0.1) is 6.92 Å². The van der Waals surface area contributed by atoms with E-state index in [4.69, 9.17) is 14.2 Å². The molecule has 4 rings (SSSR count). The summed E-state index contributed by atoms with van der Waals surface area (Å²) >= 11 is 0. The van der Waals surface area contributed by atoms with Crippen molar-refractivity contribution >= 4 is 11.0 Å². The molecule has 2 heterocycles. The Kier molecular flexibility index (Phi) is 7.39. The zero-order valence-corrected chi connectivity index (χ0v) is 18.9. The van der Waals surface area contributed by atoms with Crippen molar-refractivity contribution in [3.05, 3.63) is 64.1 Å². The van der Waals surface area contributed by atoms with Crippen molar-refractivity contribution in [1.82, 2.24) is 14.5 Å². The number of benzene rings is 2. The number of fused-ring (bicyclic) bond motifs is 1. The number of hydrogen-bond acceptors (Lipinski definition) is 6. The topological polar surface area (TPSA) is 65.8 Å². The molecule has 170 valence electrons. The molecular weight excluding hydrogens is 406 g/mol. The maximum Gasteiger partial charge on any atom is 0.269 e. The molecule has 1 aliphatic rings. The molecule has 0 bridgehead atoms. The third-order valence-corrected chi connectivity index (χ3v) is 5.82. The molecule has 1 saturated heterocycles. The van der Waals surface area contributed by atoms with E-state index in [1.165, 1.54) is 17.3 Å². The first-order valence-corrected chi connectivity index (χ1v) is 11.2. The zero-order valence-electron chi connectivity index (χ0n) is 18.9. The number of aromatic nitrogens is 2. The van der Waals surface area contributed by atoms with E-state index < -0.39 is 0 Å². The molecule has 0 radical (unpaired) electrons. The lowest BCUT2D eigenvalue weighted by Gasteiger charge is -2.26. The highest BCUT2D eigenvalue weighted by atomic mass is 16.5. The van der Waals surface area contributed by atoms with Crippen LogP contribution >= 0.6 is 0 Å². The van der Waals surface area contributed by atoms with E-state index in [1.54, 1.807) is 11.7 Å². The van der Waals surface area contributed by atoms with Gasteiger partial charge in [0, 0.05) is 38.3 Å². The first-order chi connectivity index (χ1) is 15.6. The lowest BCUT2D eigenvalue weighted by molar-refractivity contribution is 0.0357. The SMILES string of the molecule is COc1cc2ncc(=O)n(CCc3cccc(C)c3)c2cc1OCCCN1CCOCC1. The Morgan fingerprint density at radius 1 is 1.09 bits per heavy atom. The minimum absolute atomic E-state index is 0.117. The molecule has 0 aliphatic carbocycles. The summed E-state index contributed by atoms with van der Waals surface area (Å²) in [5.74, 6) is 1.26. The summed E-state index contributed by atoms with van der Waals surface area (Å²) in [4.78, 5) is 19.4. The molecule has 0 saturated carbocycles. The Hall–Kier alpha value is -2.90. The summed E-state index contributed by atoms with van der Waals surface area (Å²) in [5, 5.41) is 0. The van der Waals surface area contributed by atoms with Gasteiger partial charge in [0.1, 0.15) is 0 Å². The van der Waals surface area contributed by atoms with Gasteiger partial charge in [-0.2, -0.15) is 0 Å². The van der Waals surface area contributed by atoms with E-state index in [0.29, 0.717) is 30.2 Å². The second-order valence-corrected chi connectivity index (χ2v) is 8.13. The Morgan fingerprint density at radius 2 is 1.94 bits per heavy atom. The molecule has 7 nitrogen and oxygen atoms in total. The van der Waals surface area contributed by atoms with Crippen LogP contribution in [0.3, 0.4) is 0 Å². The van der Waals surface area contributed by atoms with Crippen LogP contribution in [0.4, 0.5) is 0 Å². The highest BCUT2D eigenvalue weighted by molar-refractivity contribution is 5.79. The van der Waals surface area contributed by atoms with Crippen molar-refractivity contribution in [2.24, 2.45) is 0 Å². The first-order valence-electron chi connectivity index (χ1n) is 11.2. The van der Waals surface area contributed by atoms with Gasteiger partial charge in [-0.3, -0.25) is 9.69 Å². The molecule has 0 N–H and O–H groups in total. The van der Waals surface area contributed by atoms with Gasteiger partial charge in [0.15, 0.2) is 11.5 Å². The second-order valence-electron chi connectivity index (χ2n) is 8.13. The third kappa shape index (κ3) is 5.47. The number of rotatable bonds is 9. The van der Waals surface area contributed by atoms with Crippen LogP contribution in [0.1, 0.15) is 17.5 Å². The van der Waals surface area contributed by atoms with Crippen LogP contribution in [-0.2, 0) is 17.7 Å². The lowest BCUT2D eigenvalue weighted by atomic mass is 10.1. The van der Waals surface area contributed by atoms with Gasteiger partial charge < -0.3 is 18.8 Å². The summed E-state index contributed by atoms with van der Waals surface area (Å²) in [6, 6.07) is 12.1. The summed E-state index contributed by atoms with van der Waals surface area (Å²) in [5.41, 5.74) is 3.77. The summed E-state index contributed by atoms with van der Waals surface area (Å²) in [6.45, 7) is 7.74. The monoisotopic (exact) mass is 437 g/mol. The Morgan fingerprint density at radius 3 is 2.72 bits per heavy atom. The molecule has 0 spiro atoms. The number of nitrogens with zero attached hydrogens (tertiary/aromatic N) is 3. The van der Waals surface area contributed by atoms with Crippen molar-refractivity contribution in [3.8, 4) is 11.5 Å². The fourth-order valence-electron chi connectivity index (χ4n) is 4.08. The Bertz CT molecular complexity index is 1110. The van der Waals surface area contributed by atoms with Crippen molar-refractivity contribution in [2.75, 3.05) is 46.6 Å². The van der Waals surface area contributed by atoms with Crippen LogP contribution in [0.2, 0.25) is 0 Å². The molecule has 0 unspecified atom stereocenters. The van der Waals surface area contributed by atoms with Gasteiger partial charge in [-0.1, -0.05) is 29.8 Å². The molecule has 2 aromatic carbocycles. The number of hydrogen-bond donors (Lipinski definition) is 0. The van der Waals surface area contributed by atoms with Gasteiger partial charge in [-0.25, -0.2) is 4.98 Å². The molecule has 0 amide bonds. The normalized spacial score (nSPS) is 14.6. The maximum atomic E-state index is 12.6. The number of morpholine rings is 1. The van der Waals surface area contributed by atoms with Crippen LogP contribution in [0.25, 0.3) is 11.0 Å². The fourth-order valence-corrected chi connectivity index (χ4v) is 4.08. The van der Waals surface area contributed by atoms with Gasteiger partial charge in [0.2, 0.25) is 0 Å². The van der Waals surface area contributed by atoms with Gasteiger partial charge in [0.25, 0.3) is 5.56 Å². The molecule has 3 aromatic rings. The number of ether oxygens (including phenoxy) is 3. The highest BCUT2D eigenvalue weighted by Crippen LogP contribution is 2.31. The maximum absolute atomic E-state index is 12.6. The molecule has 0 atom stereocenters. The molecular formula is C25H31N3O4. The predicted molar refractivity (Wildman–Crippen MR) is 125 cm³/mol. The minimum atomic E-state index is -0.117. The van der Waals surface area contributed by atoms with Crippen molar-refractivity contribution < 1.29 is 14.2 Å². The summed E-state index contributed by atoms with van der Waals surface area (Å²) < 4.78 is 18.8. The summed E-state index contributed by atoms with van der Waals surface area (Å²) in [7, 11) is 1.62. The van der Waals surface area contributed by atoms with E-state index in [-0.39, 0.29) is 5.56 Å². The van der Waals surface area contributed by atoms with Crippen LogP contribution in [0.5, 0.6) is 11.5 Å². The highest BCUT2D eigenvalue weighted by Gasteiger charge is 2.13. The third-order valence-electron chi connectivity index (χ3n) is 5.82. The Balaban J connectivity index is 1.50. The molecule has 1 fully saturated rings. The van der Waals surface area contributed by atoms with Crippen molar-refractivity contribution in [3.63, 3.8) is 0 Å². The lowest BCUT2D eigenvalue weighted by Crippen LogP contribution is -2.37. The van der Waals surface area contributed by atoms with Gasteiger partial charge in [-0.05, 0) is 25.3 Å². The quantitative estimate of drug-likeness (QED) is 0.480. The average molecular weight is 438 g/mol. The van der Waals surface area contributed by atoms with E-state index in [9.17, 15) is 4.79 Å². The molecule has 1 aliphatic heterocycles. The second kappa shape index (κ2) is 10.6. The standard InChI is InChI=1S/C25H31N3O4/c1-19-5-3-6-20(15-19)7-9-28-22-17-24(23(30-2)16-21(22)26-18-25(28)29)32-12-4-8-27-10-13-31-14-11-27/h3,5-6,15-18H,4,7-14H2,1-2H3. The molecule has 1 aromatic heterocycles. The van der Waals surface area contributed by atoms with E-state index >= 15 is 0 Å². The van der Waals surface area contributed by atoms with Crippen molar-refractivity contribution in [2.45, 2.75) is 26.3 Å². The van der Waals surface area contributed by atoms with Crippen molar-refractivity contribution in [1.29, 1.82) is 0 Å². The van der Waals surface area contributed by atoms with Crippen LogP contribution < -0.4 is 15.0 Å². The summed E-state index contributed by atoms with van der Waals surface area (Å²) in [6.07, 6.45) is 3.05. The van der Waals surface area contributed by atoms with E-state index in [2.05, 4.69) is 35.0 Å². The number of methoxy groups -OCH3 is 1. The van der Waals surface area contributed by atoms with E-state index in [0.717, 1.165) is 51.2 Å². The first kappa shape index (κ1) is 22.3. The van der Waals surface area contributed by atoms with Gasteiger partial charge in [0.05, 0.1) is 44.2 Å². The van der Waals surface area contributed by atoms with Gasteiger partial charge >= 0.3 is 0 Å². The Labute approximate surface area is 188 Å². The molecule has 7 heteroatoms. The van der Waals surface area contributed by atoms with E-state index in [1.807, 2.05) is 18.2 Å². The molecule has 32 heavy (non-hydrogen) atoms. The average Bonchev–Trinajstić information content (AvgIpc) is 2.81. The smallest absolute Gasteiger partial charge is 0.269 e. The van der Waals surface area contributed by atoms with Crippen LogP contribution in [0.15, 0.2) is 47.4 Å².